The van der Waals surface area contributed by atoms with E-state index in [0.717, 1.165) is 17.7 Å². The SMILES string of the molecule is O=C(c1ccccc1)N1CC(N2CCN(C(=O)c3cc4cc(C(F)(F)F)ccc4s3)CC2c2ccccc2)C1. The summed E-state index contributed by atoms with van der Waals surface area (Å²) < 4.78 is 40.2. The van der Waals surface area contributed by atoms with Crippen LogP contribution in [0.1, 0.15) is 37.2 Å². The third-order valence-electron chi connectivity index (χ3n) is 7.59. The van der Waals surface area contributed by atoms with Crippen LogP contribution in [0.4, 0.5) is 13.2 Å². The number of carbonyl (C=O) groups excluding carboxylic acids is 2. The summed E-state index contributed by atoms with van der Waals surface area (Å²) in [5.41, 5.74) is 1.05. The number of halogens is 3. The lowest BCUT2D eigenvalue weighted by Crippen LogP contribution is -2.65. The molecular weight excluding hydrogens is 523 g/mol. The van der Waals surface area contributed by atoms with Crippen LogP contribution >= 0.6 is 11.3 Å². The molecule has 2 aliphatic heterocycles. The molecule has 0 saturated carbocycles. The largest absolute Gasteiger partial charge is 0.416 e. The Kier molecular flexibility index (Phi) is 6.64. The highest BCUT2D eigenvalue weighted by atomic mass is 32.1. The average molecular weight is 550 g/mol. The summed E-state index contributed by atoms with van der Waals surface area (Å²) in [4.78, 5) is 32.9. The van der Waals surface area contributed by atoms with Crippen molar-refractivity contribution in [3.05, 3.63) is 106 Å². The van der Waals surface area contributed by atoms with Crippen molar-refractivity contribution < 1.29 is 22.8 Å². The van der Waals surface area contributed by atoms with E-state index in [9.17, 15) is 22.8 Å². The van der Waals surface area contributed by atoms with Gasteiger partial charge in [0.05, 0.1) is 16.5 Å². The van der Waals surface area contributed by atoms with Gasteiger partial charge in [-0.3, -0.25) is 14.5 Å². The first-order valence-electron chi connectivity index (χ1n) is 12.8. The van der Waals surface area contributed by atoms with Gasteiger partial charge in [-0.25, -0.2) is 0 Å². The monoisotopic (exact) mass is 549 g/mol. The van der Waals surface area contributed by atoms with Crippen molar-refractivity contribution in [1.29, 1.82) is 0 Å². The van der Waals surface area contributed by atoms with E-state index < -0.39 is 11.7 Å². The summed E-state index contributed by atoms with van der Waals surface area (Å²) in [5.74, 6) is -0.143. The van der Waals surface area contributed by atoms with E-state index in [0.29, 0.717) is 53.3 Å². The molecule has 200 valence electrons. The maximum Gasteiger partial charge on any atom is 0.416 e. The molecule has 6 rings (SSSR count). The van der Waals surface area contributed by atoms with Gasteiger partial charge in [-0.05, 0) is 47.3 Å². The molecule has 1 atom stereocenters. The van der Waals surface area contributed by atoms with Gasteiger partial charge in [0.25, 0.3) is 11.8 Å². The van der Waals surface area contributed by atoms with Crippen LogP contribution in [-0.2, 0) is 6.18 Å². The van der Waals surface area contributed by atoms with Crippen molar-refractivity contribution in [2.75, 3.05) is 32.7 Å². The molecule has 0 radical (unpaired) electrons. The summed E-state index contributed by atoms with van der Waals surface area (Å²) in [6, 6.07) is 24.6. The van der Waals surface area contributed by atoms with Gasteiger partial charge in [0, 0.05) is 49.0 Å². The van der Waals surface area contributed by atoms with Gasteiger partial charge in [-0.2, -0.15) is 13.2 Å². The second kappa shape index (κ2) is 10.1. The second-order valence-corrected chi connectivity index (χ2v) is 11.1. The zero-order chi connectivity index (χ0) is 27.1. The first-order chi connectivity index (χ1) is 18.8. The number of amides is 2. The topological polar surface area (TPSA) is 43.9 Å². The fourth-order valence-corrected chi connectivity index (χ4v) is 6.48. The highest BCUT2D eigenvalue weighted by Crippen LogP contribution is 2.36. The van der Waals surface area contributed by atoms with Crippen molar-refractivity contribution in [1.82, 2.24) is 14.7 Å². The third-order valence-corrected chi connectivity index (χ3v) is 8.69. The van der Waals surface area contributed by atoms with Crippen LogP contribution in [0.25, 0.3) is 10.1 Å². The third kappa shape index (κ3) is 5.04. The Labute approximate surface area is 228 Å². The smallest absolute Gasteiger partial charge is 0.335 e. The van der Waals surface area contributed by atoms with Crippen molar-refractivity contribution >= 4 is 33.2 Å². The Morgan fingerprint density at radius 2 is 1.46 bits per heavy atom. The van der Waals surface area contributed by atoms with Crippen LogP contribution in [0.5, 0.6) is 0 Å². The molecule has 2 amide bonds. The van der Waals surface area contributed by atoms with Gasteiger partial charge >= 0.3 is 6.18 Å². The molecule has 9 heteroatoms. The number of hydrogen-bond acceptors (Lipinski definition) is 4. The highest BCUT2D eigenvalue weighted by Gasteiger charge is 2.41. The molecule has 39 heavy (non-hydrogen) atoms. The maximum atomic E-state index is 13.5. The molecule has 1 aromatic heterocycles. The quantitative estimate of drug-likeness (QED) is 0.316. The summed E-state index contributed by atoms with van der Waals surface area (Å²) in [7, 11) is 0. The van der Waals surface area contributed by atoms with Crippen molar-refractivity contribution in [3.63, 3.8) is 0 Å². The predicted molar refractivity (Wildman–Crippen MR) is 145 cm³/mol. The molecule has 0 aliphatic carbocycles. The molecule has 3 aromatic carbocycles. The molecule has 2 saturated heterocycles. The zero-order valence-electron chi connectivity index (χ0n) is 21.0. The fourth-order valence-electron chi connectivity index (χ4n) is 5.47. The Morgan fingerprint density at radius 3 is 2.15 bits per heavy atom. The number of hydrogen-bond donors (Lipinski definition) is 0. The Balaban J connectivity index is 1.19. The Bertz CT molecular complexity index is 1500. The molecule has 4 aromatic rings. The number of nitrogens with zero attached hydrogens (tertiary/aromatic N) is 3. The minimum atomic E-state index is -4.43. The summed E-state index contributed by atoms with van der Waals surface area (Å²) in [5, 5.41) is 0.425. The van der Waals surface area contributed by atoms with Gasteiger partial charge in [0.15, 0.2) is 0 Å². The van der Waals surface area contributed by atoms with Crippen LogP contribution < -0.4 is 0 Å². The van der Waals surface area contributed by atoms with E-state index in [2.05, 4.69) is 17.0 Å². The lowest BCUT2D eigenvalue weighted by atomic mass is 9.96. The molecule has 0 spiro atoms. The van der Waals surface area contributed by atoms with Gasteiger partial charge in [0.2, 0.25) is 0 Å². The van der Waals surface area contributed by atoms with Gasteiger partial charge < -0.3 is 9.80 Å². The molecule has 0 N–H and O–H groups in total. The number of likely N-dealkylation sites (tertiary alicyclic amines) is 1. The first kappa shape index (κ1) is 25.6. The highest BCUT2D eigenvalue weighted by molar-refractivity contribution is 7.20. The Hall–Kier alpha value is -3.69. The number of thiophene rings is 1. The number of fused-ring (bicyclic) bond motifs is 1. The number of rotatable bonds is 4. The van der Waals surface area contributed by atoms with Gasteiger partial charge in [-0.15, -0.1) is 11.3 Å². The van der Waals surface area contributed by atoms with Gasteiger partial charge in [0.1, 0.15) is 0 Å². The zero-order valence-corrected chi connectivity index (χ0v) is 21.8. The summed E-state index contributed by atoms with van der Waals surface area (Å²) in [6.07, 6.45) is -4.43. The molecule has 2 aliphatic rings. The second-order valence-electron chi connectivity index (χ2n) is 10.0. The fraction of sp³-hybridized carbons (Fsp3) is 0.267. The predicted octanol–water partition coefficient (Wildman–Crippen LogP) is 5.94. The number of alkyl halides is 3. The van der Waals surface area contributed by atoms with E-state index >= 15 is 0 Å². The van der Waals surface area contributed by atoms with Crippen LogP contribution in [-0.4, -0.2) is 65.3 Å². The molecule has 2 fully saturated rings. The summed E-state index contributed by atoms with van der Waals surface area (Å²) >= 11 is 1.22. The lowest BCUT2D eigenvalue weighted by Gasteiger charge is -2.51. The molecular formula is C30H26F3N3O2S. The average Bonchev–Trinajstić information content (AvgIpc) is 3.36. The van der Waals surface area contributed by atoms with E-state index in [1.54, 1.807) is 11.0 Å². The van der Waals surface area contributed by atoms with E-state index in [-0.39, 0.29) is 23.9 Å². The van der Waals surface area contributed by atoms with Crippen LogP contribution in [0, 0.1) is 0 Å². The van der Waals surface area contributed by atoms with E-state index in [1.807, 2.05) is 53.4 Å². The van der Waals surface area contributed by atoms with Crippen molar-refractivity contribution in [2.45, 2.75) is 18.3 Å². The van der Waals surface area contributed by atoms with Crippen molar-refractivity contribution in [2.24, 2.45) is 0 Å². The van der Waals surface area contributed by atoms with Crippen LogP contribution in [0.15, 0.2) is 84.9 Å². The van der Waals surface area contributed by atoms with Gasteiger partial charge in [-0.1, -0.05) is 48.5 Å². The molecule has 1 unspecified atom stereocenters. The number of carbonyl (C=O) groups is 2. The number of benzene rings is 3. The van der Waals surface area contributed by atoms with E-state index in [1.165, 1.54) is 17.4 Å². The van der Waals surface area contributed by atoms with E-state index in [4.69, 9.17) is 0 Å². The maximum absolute atomic E-state index is 13.5. The molecule has 3 heterocycles. The minimum absolute atomic E-state index is 0.0235. The number of piperazine rings is 1. The summed E-state index contributed by atoms with van der Waals surface area (Å²) in [6.45, 7) is 2.87. The normalized spacial score (nSPS) is 18.8. The molecule has 0 bridgehead atoms. The van der Waals surface area contributed by atoms with Crippen LogP contribution in [0.3, 0.4) is 0 Å². The minimum Gasteiger partial charge on any atom is -0.335 e. The Morgan fingerprint density at radius 1 is 0.769 bits per heavy atom. The lowest BCUT2D eigenvalue weighted by molar-refractivity contribution is -0.137. The standard InChI is InChI=1S/C30H26F3N3O2S/c31-30(32,33)23-11-12-26-22(15-23)16-27(39-26)29(38)34-13-14-36(25(19-34)20-7-3-1-4-8-20)24-17-35(18-24)28(37)21-9-5-2-6-10-21/h1-12,15-16,24-25H,13-14,17-19H2. The van der Waals surface area contributed by atoms with Crippen LogP contribution in [0.2, 0.25) is 0 Å². The molecule has 5 nitrogen and oxygen atoms in total. The first-order valence-corrected chi connectivity index (χ1v) is 13.6. The van der Waals surface area contributed by atoms with Crippen molar-refractivity contribution in [3.8, 4) is 0 Å².